The van der Waals surface area contributed by atoms with Crippen LogP contribution in [0.5, 0.6) is 0 Å². The lowest BCUT2D eigenvalue weighted by Gasteiger charge is -2.15. The molecule has 0 aliphatic heterocycles. The highest BCUT2D eigenvalue weighted by atomic mass is 32.2. The van der Waals surface area contributed by atoms with Crippen LogP contribution in [0.3, 0.4) is 0 Å². The number of rotatable bonds is 4. The molecule has 0 unspecified atom stereocenters. The summed E-state index contributed by atoms with van der Waals surface area (Å²) in [6.07, 6.45) is 0. The number of thioether (sulfide) groups is 1. The molecule has 0 fully saturated rings. The highest BCUT2D eigenvalue weighted by Gasteiger charge is 2.16. The van der Waals surface area contributed by atoms with Gasteiger partial charge in [0.2, 0.25) is 5.89 Å². The number of nitrogens with zero attached hydrogens (tertiary/aromatic N) is 3. The number of benzene rings is 3. The molecule has 2 heterocycles. The van der Waals surface area contributed by atoms with Gasteiger partial charge in [-0.2, -0.15) is 0 Å². The Morgan fingerprint density at radius 1 is 0.933 bits per heavy atom. The van der Waals surface area contributed by atoms with Crippen LogP contribution < -0.4 is 5.56 Å². The fourth-order valence-electron chi connectivity index (χ4n) is 3.49. The molecule has 0 aliphatic carbocycles. The molecule has 6 heteroatoms. The first kappa shape index (κ1) is 18.6. The van der Waals surface area contributed by atoms with Crippen molar-refractivity contribution in [3.8, 4) is 5.69 Å². The molecule has 0 bridgehead atoms. The van der Waals surface area contributed by atoms with Crippen molar-refractivity contribution >= 4 is 33.8 Å². The minimum Gasteiger partial charge on any atom is -0.440 e. The van der Waals surface area contributed by atoms with Crippen LogP contribution >= 0.6 is 11.8 Å². The summed E-state index contributed by atoms with van der Waals surface area (Å²) in [7, 11) is 0. The maximum Gasteiger partial charge on any atom is 0.266 e. The second-order valence-electron chi connectivity index (χ2n) is 7.21. The normalized spacial score (nSPS) is 11.4. The first-order valence-electron chi connectivity index (χ1n) is 9.67. The van der Waals surface area contributed by atoms with Crippen LogP contribution in [0.15, 0.2) is 81.1 Å². The molecule has 5 aromatic rings. The lowest BCUT2D eigenvalue weighted by Crippen LogP contribution is -2.22. The Balaban J connectivity index is 1.64. The number of hydrogen-bond acceptors (Lipinski definition) is 5. The van der Waals surface area contributed by atoms with Crippen LogP contribution in [0.2, 0.25) is 0 Å². The maximum absolute atomic E-state index is 13.4. The van der Waals surface area contributed by atoms with Crippen LogP contribution in [-0.2, 0) is 5.75 Å². The van der Waals surface area contributed by atoms with Gasteiger partial charge in [-0.1, -0.05) is 48.2 Å². The second-order valence-corrected chi connectivity index (χ2v) is 8.15. The van der Waals surface area contributed by atoms with Crippen molar-refractivity contribution < 1.29 is 4.42 Å². The number of fused-ring (bicyclic) bond motifs is 2. The SMILES string of the molecule is Cc1ccc(C)c(-n2c(SCc3nc4ccccc4o3)nc3ccccc3c2=O)c1. The van der Waals surface area contributed by atoms with Gasteiger partial charge < -0.3 is 4.42 Å². The van der Waals surface area contributed by atoms with Crippen molar-refractivity contribution in [2.75, 3.05) is 0 Å². The van der Waals surface area contributed by atoms with Crippen LogP contribution in [0, 0.1) is 13.8 Å². The van der Waals surface area contributed by atoms with E-state index in [-0.39, 0.29) is 5.56 Å². The van der Waals surface area contributed by atoms with Gasteiger partial charge in [0.1, 0.15) is 5.52 Å². The minimum atomic E-state index is -0.0747. The van der Waals surface area contributed by atoms with Crippen LogP contribution in [0.4, 0.5) is 0 Å². The molecule has 2 aromatic heterocycles. The van der Waals surface area contributed by atoms with Crippen LogP contribution in [0.1, 0.15) is 17.0 Å². The minimum absolute atomic E-state index is 0.0747. The summed E-state index contributed by atoms with van der Waals surface area (Å²) in [5.74, 6) is 1.08. The smallest absolute Gasteiger partial charge is 0.266 e. The quantitative estimate of drug-likeness (QED) is 0.290. The molecule has 0 atom stereocenters. The molecule has 3 aromatic carbocycles. The fraction of sp³-hybridized carbons (Fsp3) is 0.125. The first-order valence-corrected chi connectivity index (χ1v) is 10.7. The van der Waals surface area contributed by atoms with Gasteiger partial charge in [0.15, 0.2) is 10.7 Å². The van der Waals surface area contributed by atoms with Gasteiger partial charge in [-0.25, -0.2) is 9.97 Å². The van der Waals surface area contributed by atoms with Crippen LogP contribution in [0.25, 0.3) is 27.7 Å². The Morgan fingerprint density at radius 3 is 2.53 bits per heavy atom. The van der Waals surface area contributed by atoms with Gasteiger partial charge in [0, 0.05) is 0 Å². The van der Waals surface area contributed by atoms with Crippen molar-refractivity contribution in [3.63, 3.8) is 0 Å². The molecular formula is C24H19N3O2S. The summed E-state index contributed by atoms with van der Waals surface area (Å²) in [4.78, 5) is 22.8. The summed E-state index contributed by atoms with van der Waals surface area (Å²) >= 11 is 1.45. The molecule has 0 saturated heterocycles. The van der Waals surface area contributed by atoms with Gasteiger partial charge in [-0.05, 0) is 55.3 Å². The number of para-hydroxylation sites is 3. The van der Waals surface area contributed by atoms with E-state index >= 15 is 0 Å². The average Bonchev–Trinajstić information content (AvgIpc) is 3.17. The number of aryl methyl sites for hydroxylation is 2. The maximum atomic E-state index is 13.4. The van der Waals surface area contributed by atoms with E-state index in [0.717, 1.165) is 27.9 Å². The van der Waals surface area contributed by atoms with Gasteiger partial charge >= 0.3 is 0 Å². The Kier molecular flexibility index (Phi) is 4.64. The highest BCUT2D eigenvalue weighted by Crippen LogP contribution is 2.27. The third-order valence-electron chi connectivity index (χ3n) is 5.01. The average molecular weight is 414 g/mol. The Labute approximate surface area is 177 Å². The molecule has 5 rings (SSSR count). The third kappa shape index (κ3) is 3.29. The molecule has 0 saturated carbocycles. The molecule has 0 spiro atoms. The van der Waals surface area contributed by atoms with Crippen molar-refractivity contribution in [3.05, 3.63) is 94.1 Å². The van der Waals surface area contributed by atoms with E-state index in [0.29, 0.717) is 27.7 Å². The summed E-state index contributed by atoms with van der Waals surface area (Å²) < 4.78 is 7.56. The van der Waals surface area contributed by atoms with E-state index in [2.05, 4.69) is 4.98 Å². The van der Waals surface area contributed by atoms with Crippen molar-refractivity contribution in [1.82, 2.24) is 14.5 Å². The van der Waals surface area contributed by atoms with Gasteiger partial charge in [-0.3, -0.25) is 9.36 Å². The van der Waals surface area contributed by atoms with E-state index < -0.39 is 0 Å². The molecule has 30 heavy (non-hydrogen) atoms. The van der Waals surface area contributed by atoms with Crippen molar-refractivity contribution in [2.45, 2.75) is 24.8 Å². The van der Waals surface area contributed by atoms with Crippen LogP contribution in [-0.4, -0.2) is 14.5 Å². The second kappa shape index (κ2) is 7.46. The largest absolute Gasteiger partial charge is 0.440 e. The molecule has 0 aliphatic rings. The Bertz CT molecular complexity index is 1420. The number of aromatic nitrogens is 3. The van der Waals surface area contributed by atoms with Gasteiger partial charge in [-0.15, -0.1) is 0 Å². The lowest BCUT2D eigenvalue weighted by atomic mass is 10.1. The third-order valence-corrected chi connectivity index (χ3v) is 5.94. The topological polar surface area (TPSA) is 60.9 Å². The first-order chi connectivity index (χ1) is 14.6. The molecule has 0 radical (unpaired) electrons. The van der Waals surface area contributed by atoms with Crippen molar-refractivity contribution in [1.29, 1.82) is 0 Å². The molecule has 148 valence electrons. The predicted octanol–water partition coefficient (Wildman–Crippen LogP) is 5.44. The Morgan fingerprint density at radius 2 is 1.70 bits per heavy atom. The van der Waals surface area contributed by atoms with E-state index in [4.69, 9.17) is 9.40 Å². The predicted molar refractivity (Wildman–Crippen MR) is 120 cm³/mol. The summed E-state index contributed by atoms with van der Waals surface area (Å²) in [5.41, 5.74) is 5.14. The van der Waals surface area contributed by atoms with Gasteiger partial charge in [0.05, 0.1) is 22.3 Å². The lowest BCUT2D eigenvalue weighted by molar-refractivity contribution is 0.556. The molecular weight excluding hydrogens is 394 g/mol. The standard InChI is InChI=1S/C24H19N3O2S/c1-15-11-12-16(2)20(13-15)27-23(28)17-7-3-4-8-18(17)26-24(27)30-14-22-25-19-9-5-6-10-21(19)29-22/h3-13H,14H2,1-2H3. The number of oxazole rings is 1. The van der Waals surface area contributed by atoms with E-state index in [1.165, 1.54) is 11.8 Å². The summed E-state index contributed by atoms with van der Waals surface area (Å²) in [6, 6.07) is 21.2. The highest BCUT2D eigenvalue weighted by molar-refractivity contribution is 7.98. The van der Waals surface area contributed by atoms with E-state index in [1.807, 2.05) is 80.6 Å². The fourth-order valence-corrected chi connectivity index (χ4v) is 4.34. The van der Waals surface area contributed by atoms with E-state index in [1.54, 1.807) is 4.57 Å². The molecule has 0 N–H and O–H groups in total. The zero-order valence-electron chi connectivity index (χ0n) is 16.6. The molecule has 5 nitrogen and oxygen atoms in total. The van der Waals surface area contributed by atoms with Gasteiger partial charge in [0.25, 0.3) is 5.56 Å². The Hall–Kier alpha value is -3.38. The molecule has 0 amide bonds. The number of hydrogen-bond donors (Lipinski definition) is 0. The summed E-state index contributed by atoms with van der Waals surface area (Å²) in [6.45, 7) is 4.03. The van der Waals surface area contributed by atoms with E-state index in [9.17, 15) is 4.79 Å². The zero-order chi connectivity index (χ0) is 20.7. The zero-order valence-corrected chi connectivity index (χ0v) is 17.4. The summed E-state index contributed by atoms with van der Waals surface area (Å²) in [5, 5.41) is 1.22. The monoisotopic (exact) mass is 413 g/mol. The van der Waals surface area contributed by atoms with Crippen molar-refractivity contribution in [2.24, 2.45) is 0 Å².